The number of rotatable bonds is 2. The summed E-state index contributed by atoms with van der Waals surface area (Å²) in [4.78, 5) is 0. The molecule has 2 aliphatic carbocycles. The van der Waals surface area contributed by atoms with E-state index in [4.69, 9.17) is 0 Å². The minimum absolute atomic E-state index is 1.04. The Hall–Kier alpha value is -5.40. The fraction of sp³-hybridized carbons (Fsp3) is 0.0476. The second-order valence-corrected chi connectivity index (χ2v) is 12.0. The molecule has 200 valence electrons. The predicted octanol–water partition coefficient (Wildman–Crippen LogP) is 11.0. The summed E-state index contributed by atoms with van der Waals surface area (Å²) >= 11 is 0. The Morgan fingerprint density at radius 2 is 1.19 bits per heavy atom. The van der Waals surface area contributed by atoms with Crippen LogP contribution in [0.3, 0.4) is 0 Å². The highest BCUT2D eigenvalue weighted by molar-refractivity contribution is 6.18. The number of hydrogen-bond donors (Lipinski definition) is 0. The van der Waals surface area contributed by atoms with Gasteiger partial charge in [-0.05, 0) is 115 Å². The Morgan fingerprint density at radius 1 is 0.442 bits per heavy atom. The molecule has 0 saturated carbocycles. The molecule has 0 fully saturated rings. The molecular weight excluding hydrogens is 518 g/mol. The van der Waals surface area contributed by atoms with Crippen LogP contribution in [-0.2, 0) is 12.8 Å². The van der Waals surface area contributed by atoms with E-state index in [0.717, 1.165) is 12.8 Å². The summed E-state index contributed by atoms with van der Waals surface area (Å²) in [7, 11) is 0. The molecule has 0 amide bonds. The average Bonchev–Trinajstić information content (AvgIpc) is 3.59. The van der Waals surface area contributed by atoms with Crippen LogP contribution in [0.15, 0.2) is 140 Å². The Balaban J connectivity index is 1.23. The molecule has 0 spiro atoms. The van der Waals surface area contributed by atoms with Crippen molar-refractivity contribution in [3.05, 3.63) is 151 Å². The van der Waals surface area contributed by atoms with Crippen LogP contribution in [0.5, 0.6) is 0 Å². The van der Waals surface area contributed by atoms with E-state index in [0.29, 0.717) is 0 Å². The van der Waals surface area contributed by atoms with E-state index in [9.17, 15) is 0 Å². The molecule has 43 heavy (non-hydrogen) atoms. The molecule has 8 aromatic rings. The van der Waals surface area contributed by atoms with Crippen LogP contribution < -0.4 is 0 Å². The standard InChI is InChI=1S/C42H27N/c1-2-11-31(12-3-1)43-38-21-18-26-9-4-5-13-32(26)41(38)42-33-20-17-27(23-28(33)19-22-39(42)43)30-24-29-10-8-16-36-34-14-6-7-15-35(34)37(25-30)40(29)36/h1-17,19-20,22-25H,18,21H2. The third kappa shape index (κ3) is 3.17. The number of aryl methyl sites for hydroxylation is 1. The van der Waals surface area contributed by atoms with E-state index >= 15 is 0 Å². The lowest BCUT2D eigenvalue weighted by atomic mass is 9.87. The molecule has 0 saturated heterocycles. The fourth-order valence-corrected chi connectivity index (χ4v) is 7.97. The Labute approximate surface area is 250 Å². The van der Waals surface area contributed by atoms with Crippen molar-refractivity contribution >= 4 is 32.4 Å². The highest BCUT2D eigenvalue weighted by Crippen LogP contribution is 2.49. The van der Waals surface area contributed by atoms with Crippen LogP contribution in [0.2, 0.25) is 0 Å². The lowest BCUT2D eigenvalue weighted by molar-refractivity contribution is 0.865. The average molecular weight is 546 g/mol. The van der Waals surface area contributed by atoms with Gasteiger partial charge >= 0.3 is 0 Å². The maximum atomic E-state index is 2.51. The molecule has 10 rings (SSSR count). The van der Waals surface area contributed by atoms with Crippen molar-refractivity contribution in [2.24, 2.45) is 0 Å². The maximum Gasteiger partial charge on any atom is 0.0544 e. The van der Waals surface area contributed by atoms with Gasteiger partial charge in [-0.15, -0.1) is 0 Å². The van der Waals surface area contributed by atoms with Crippen LogP contribution in [0.1, 0.15) is 11.3 Å². The topological polar surface area (TPSA) is 4.93 Å². The van der Waals surface area contributed by atoms with Gasteiger partial charge in [-0.1, -0.05) is 103 Å². The number of hydrogen-bond acceptors (Lipinski definition) is 0. The Bertz CT molecular complexity index is 2440. The van der Waals surface area contributed by atoms with Gasteiger partial charge < -0.3 is 4.57 Å². The van der Waals surface area contributed by atoms with Gasteiger partial charge in [0.2, 0.25) is 0 Å². The SMILES string of the molecule is c1ccc(-n2c3c(c4c5ccc(-c6cc7c8c(cccc8c6)-c6ccccc6-7)cc5ccc42)-c2ccccc2CC3)cc1. The predicted molar refractivity (Wildman–Crippen MR) is 181 cm³/mol. The highest BCUT2D eigenvalue weighted by atomic mass is 15.0. The van der Waals surface area contributed by atoms with Crippen molar-refractivity contribution in [1.82, 2.24) is 4.57 Å². The van der Waals surface area contributed by atoms with Gasteiger partial charge in [-0.3, -0.25) is 0 Å². The molecule has 7 aromatic carbocycles. The van der Waals surface area contributed by atoms with Gasteiger partial charge in [0.1, 0.15) is 0 Å². The molecule has 1 aromatic heterocycles. The molecule has 1 heteroatoms. The maximum absolute atomic E-state index is 2.51. The molecule has 0 unspecified atom stereocenters. The van der Waals surface area contributed by atoms with Gasteiger partial charge in [-0.2, -0.15) is 0 Å². The summed E-state index contributed by atoms with van der Waals surface area (Å²) in [5, 5.41) is 6.66. The van der Waals surface area contributed by atoms with Crippen molar-refractivity contribution in [3.63, 3.8) is 0 Å². The van der Waals surface area contributed by atoms with Gasteiger partial charge in [0.25, 0.3) is 0 Å². The molecule has 0 bridgehead atoms. The van der Waals surface area contributed by atoms with Crippen LogP contribution >= 0.6 is 0 Å². The first kappa shape index (κ1) is 23.2. The van der Waals surface area contributed by atoms with Crippen LogP contribution in [0, 0.1) is 0 Å². The highest BCUT2D eigenvalue weighted by Gasteiger charge is 2.26. The Morgan fingerprint density at radius 3 is 2.07 bits per heavy atom. The van der Waals surface area contributed by atoms with Crippen molar-refractivity contribution in [2.45, 2.75) is 12.8 Å². The van der Waals surface area contributed by atoms with Crippen molar-refractivity contribution in [3.8, 4) is 50.2 Å². The minimum atomic E-state index is 1.04. The molecule has 0 radical (unpaired) electrons. The number of benzene rings is 7. The van der Waals surface area contributed by atoms with Gasteiger partial charge in [0.15, 0.2) is 0 Å². The largest absolute Gasteiger partial charge is 0.313 e. The molecule has 0 N–H and O–H groups in total. The number of para-hydroxylation sites is 1. The molecule has 1 nitrogen and oxygen atoms in total. The van der Waals surface area contributed by atoms with Crippen LogP contribution in [0.25, 0.3) is 82.6 Å². The normalized spacial score (nSPS) is 12.9. The third-order valence-electron chi connectivity index (χ3n) is 9.80. The third-order valence-corrected chi connectivity index (χ3v) is 9.80. The second kappa shape index (κ2) is 8.56. The summed E-state index contributed by atoms with van der Waals surface area (Å²) in [5.41, 5.74) is 16.1. The summed E-state index contributed by atoms with van der Waals surface area (Å²) in [6.45, 7) is 0. The van der Waals surface area contributed by atoms with Crippen molar-refractivity contribution in [1.29, 1.82) is 0 Å². The van der Waals surface area contributed by atoms with E-state index in [1.165, 1.54) is 93.9 Å². The molecule has 2 aliphatic rings. The first-order chi connectivity index (χ1) is 21.3. The molecule has 0 aliphatic heterocycles. The Kier molecular flexibility index (Phi) is 4.62. The molecule has 0 atom stereocenters. The van der Waals surface area contributed by atoms with Crippen molar-refractivity contribution in [2.75, 3.05) is 0 Å². The molecule has 1 heterocycles. The first-order valence-corrected chi connectivity index (χ1v) is 15.2. The van der Waals surface area contributed by atoms with Gasteiger partial charge in [-0.25, -0.2) is 0 Å². The monoisotopic (exact) mass is 545 g/mol. The van der Waals surface area contributed by atoms with Crippen LogP contribution in [0.4, 0.5) is 0 Å². The second-order valence-electron chi connectivity index (χ2n) is 12.0. The number of aromatic nitrogens is 1. The van der Waals surface area contributed by atoms with Crippen molar-refractivity contribution < 1.29 is 0 Å². The first-order valence-electron chi connectivity index (χ1n) is 15.2. The number of nitrogens with zero attached hydrogens (tertiary/aromatic N) is 1. The minimum Gasteiger partial charge on any atom is -0.313 e. The smallest absolute Gasteiger partial charge is 0.0544 e. The van der Waals surface area contributed by atoms with Gasteiger partial charge in [0, 0.05) is 22.3 Å². The zero-order chi connectivity index (χ0) is 28.1. The van der Waals surface area contributed by atoms with Gasteiger partial charge in [0.05, 0.1) is 5.52 Å². The lowest BCUT2D eigenvalue weighted by Gasteiger charge is -2.19. The van der Waals surface area contributed by atoms with E-state index < -0.39 is 0 Å². The quantitative estimate of drug-likeness (QED) is 0.204. The van der Waals surface area contributed by atoms with E-state index in [1.807, 2.05) is 0 Å². The van der Waals surface area contributed by atoms with E-state index in [-0.39, 0.29) is 0 Å². The van der Waals surface area contributed by atoms with E-state index in [2.05, 4.69) is 144 Å². The summed E-state index contributed by atoms with van der Waals surface area (Å²) < 4.78 is 2.51. The summed E-state index contributed by atoms with van der Waals surface area (Å²) in [6.07, 6.45) is 2.11. The van der Waals surface area contributed by atoms with Crippen LogP contribution in [-0.4, -0.2) is 4.57 Å². The zero-order valence-corrected chi connectivity index (χ0v) is 23.6. The zero-order valence-electron chi connectivity index (χ0n) is 23.6. The summed E-state index contributed by atoms with van der Waals surface area (Å²) in [6, 6.07) is 52.0. The van der Waals surface area contributed by atoms with E-state index in [1.54, 1.807) is 0 Å². The fourth-order valence-electron chi connectivity index (χ4n) is 7.97. The lowest BCUT2D eigenvalue weighted by Crippen LogP contribution is -2.07. The summed E-state index contributed by atoms with van der Waals surface area (Å²) in [5.74, 6) is 0. The molecular formula is C42H27N. The number of fused-ring (bicyclic) bond motifs is 10.